The summed E-state index contributed by atoms with van der Waals surface area (Å²) in [5.41, 5.74) is 16.3. The molecule has 1 heteroatoms. The Hall–Kier alpha value is -8.00. The van der Waals surface area contributed by atoms with Gasteiger partial charge >= 0.3 is 0 Å². The number of fused-ring (bicyclic) bond motifs is 6. The molecule has 0 aliphatic heterocycles. The molecule has 0 N–H and O–H groups in total. The van der Waals surface area contributed by atoms with Crippen molar-refractivity contribution in [3.8, 4) is 66.8 Å². The first kappa shape index (κ1) is 35.0. The summed E-state index contributed by atoms with van der Waals surface area (Å²) in [5, 5.41) is 9.60. The van der Waals surface area contributed by atoms with E-state index in [4.69, 9.17) is 4.42 Å². The molecule has 1 aromatic heterocycles. The van der Waals surface area contributed by atoms with Gasteiger partial charge in [-0.2, -0.15) is 0 Å². The summed E-state index contributed by atoms with van der Waals surface area (Å²) in [6.45, 7) is 0. The number of benzene rings is 11. The molecule has 0 radical (unpaired) electrons. The molecule has 12 aromatic rings. The minimum Gasteiger partial charge on any atom is -0.456 e. The molecule has 0 spiro atoms. The van der Waals surface area contributed by atoms with E-state index in [0.29, 0.717) is 0 Å². The molecule has 12 rings (SSSR count). The van der Waals surface area contributed by atoms with Gasteiger partial charge in [0.2, 0.25) is 0 Å². The molecule has 0 unspecified atom stereocenters. The van der Waals surface area contributed by atoms with Crippen LogP contribution in [-0.2, 0) is 0 Å². The highest BCUT2D eigenvalue weighted by atomic mass is 16.3. The standard InChI is InChI=1S/C60H38O/c1-4-18-39(19-5-1)42-34-37-55-54(38-42)58-48(32-17-33-56(58)61-55)47-35-36-53(46-25-11-10-24-45(46)47)57-49-26-12-14-28-51(49)60(52-29-15-13-27-50(52)57)59-43(40-20-6-2-7-21-40)30-16-31-44(59)41-22-8-3-9-23-41/h1-38H. The van der Waals surface area contributed by atoms with Gasteiger partial charge in [0, 0.05) is 10.8 Å². The van der Waals surface area contributed by atoms with Gasteiger partial charge < -0.3 is 4.42 Å². The summed E-state index contributed by atoms with van der Waals surface area (Å²) >= 11 is 0. The fourth-order valence-corrected chi connectivity index (χ4v) is 9.84. The molecular formula is C60H38O. The van der Waals surface area contributed by atoms with E-state index in [2.05, 4.69) is 231 Å². The van der Waals surface area contributed by atoms with Gasteiger partial charge in [-0.3, -0.25) is 0 Å². The van der Waals surface area contributed by atoms with Crippen molar-refractivity contribution in [1.29, 1.82) is 0 Å². The van der Waals surface area contributed by atoms with E-state index < -0.39 is 0 Å². The van der Waals surface area contributed by atoms with Crippen LogP contribution in [0.4, 0.5) is 0 Å². The first-order valence-corrected chi connectivity index (χ1v) is 21.0. The summed E-state index contributed by atoms with van der Waals surface area (Å²) in [4.78, 5) is 0. The first-order chi connectivity index (χ1) is 30.3. The van der Waals surface area contributed by atoms with Crippen LogP contribution < -0.4 is 0 Å². The van der Waals surface area contributed by atoms with Crippen LogP contribution in [-0.4, -0.2) is 0 Å². The zero-order valence-corrected chi connectivity index (χ0v) is 33.3. The van der Waals surface area contributed by atoms with Crippen LogP contribution in [0.25, 0.3) is 121 Å². The Morgan fingerprint density at radius 2 is 0.672 bits per heavy atom. The van der Waals surface area contributed by atoms with Crippen molar-refractivity contribution in [2.24, 2.45) is 0 Å². The number of furan rings is 1. The van der Waals surface area contributed by atoms with Gasteiger partial charge in [-0.05, 0) is 117 Å². The molecule has 1 heterocycles. The average Bonchev–Trinajstić information content (AvgIpc) is 3.72. The van der Waals surface area contributed by atoms with Gasteiger partial charge in [0.05, 0.1) is 0 Å². The topological polar surface area (TPSA) is 13.1 Å². The SMILES string of the molecule is c1ccc(-c2ccc3oc4cccc(-c5ccc(-c6c7ccccc7c(-c7c(-c8ccccc8)cccc7-c7ccccc7)c7ccccc67)c6ccccc56)c4c3c2)cc1. The van der Waals surface area contributed by atoms with Crippen LogP contribution in [0.1, 0.15) is 0 Å². The summed E-state index contributed by atoms with van der Waals surface area (Å²) in [7, 11) is 0. The van der Waals surface area contributed by atoms with Crippen molar-refractivity contribution in [3.63, 3.8) is 0 Å². The zero-order valence-electron chi connectivity index (χ0n) is 33.3. The van der Waals surface area contributed by atoms with E-state index in [9.17, 15) is 0 Å². The van der Waals surface area contributed by atoms with Gasteiger partial charge in [0.25, 0.3) is 0 Å². The van der Waals surface area contributed by atoms with Crippen LogP contribution in [0.15, 0.2) is 235 Å². The maximum absolute atomic E-state index is 6.53. The molecule has 0 aliphatic carbocycles. The van der Waals surface area contributed by atoms with Gasteiger partial charge in [-0.1, -0.05) is 212 Å². The minimum atomic E-state index is 0.893. The predicted octanol–water partition coefficient (Wildman–Crippen LogP) is 17.0. The lowest BCUT2D eigenvalue weighted by Crippen LogP contribution is -1.96. The molecule has 1 nitrogen and oxygen atoms in total. The molecule has 0 amide bonds. The van der Waals surface area contributed by atoms with Gasteiger partial charge in [-0.25, -0.2) is 0 Å². The normalized spacial score (nSPS) is 11.6. The fraction of sp³-hybridized carbons (Fsp3) is 0. The molecule has 0 fully saturated rings. The summed E-state index contributed by atoms with van der Waals surface area (Å²) in [6, 6.07) is 83.7. The molecule has 0 saturated heterocycles. The molecule has 61 heavy (non-hydrogen) atoms. The Morgan fingerprint density at radius 3 is 1.26 bits per heavy atom. The molecule has 284 valence electrons. The molecular weight excluding hydrogens is 737 g/mol. The van der Waals surface area contributed by atoms with Gasteiger partial charge in [0.1, 0.15) is 11.2 Å². The van der Waals surface area contributed by atoms with Crippen molar-refractivity contribution in [1.82, 2.24) is 0 Å². The Kier molecular flexibility index (Phi) is 8.25. The monoisotopic (exact) mass is 774 g/mol. The molecule has 0 aliphatic rings. The van der Waals surface area contributed by atoms with E-state index in [0.717, 1.165) is 21.9 Å². The second kappa shape index (κ2) is 14.4. The number of rotatable bonds is 6. The third-order valence-corrected chi connectivity index (χ3v) is 12.5. The van der Waals surface area contributed by atoms with Crippen molar-refractivity contribution < 1.29 is 4.42 Å². The third kappa shape index (κ3) is 5.70. The van der Waals surface area contributed by atoms with Crippen molar-refractivity contribution >= 4 is 54.3 Å². The van der Waals surface area contributed by atoms with Gasteiger partial charge in [-0.15, -0.1) is 0 Å². The van der Waals surface area contributed by atoms with E-state index in [1.54, 1.807) is 0 Å². The Bertz CT molecular complexity index is 3500. The Balaban J connectivity index is 1.13. The predicted molar refractivity (Wildman–Crippen MR) is 259 cm³/mol. The second-order valence-electron chi connectivity index (χ2n) is 15.9. The van der Waals surface area contributed by atoms with E-state index in [1.807, 2.05) is 0 Å². The lowest BCUT2D eigenvalue weighted by atomic mass is 9.80. The van der Waals surface area contributed by atoms with E-state index in [1.165, 1.54) is 99.1 Å². The summed E-state index contributed by atoms with van der Waals surface area (Å²) in [6.07, 6.45) is 0. The average molecular weight is 775 g/mol. The minimum absolute atomic E-state index is 0.893. The molecule has 0 saturated carbocycles. The van der Waals surface area contributed by atoms with Crippen molar-refractivity contribution in [2.75, 3.05) is 0 Å². The van der Waals surface area contributed by atoms with Crippen LogP contribution >= 0.6 is 0 Å². The smallest absolute Gasteiger partial charge is 0.136 e. The summed E-state index contributed by atoms with van der Waals surface area (Å²) in [5.74, 6) is 0. The highest BCUT2D eigenvalue weighted by Crippen LogP contribution is 2.51. The Labute approximate surface area is 354 Å². The zero-order chi connectivity index (χ0) is 40.3. The molecule has 11 aromatic carbocycles. The highest BCUT2D eigenvalue weighted by molar-refractivity contribution is 6.26. The fourth-order valence-electron chi connectivity index (χ4n) is 9.84. The number of hydrogen-bond donors (Lipinski definition) is 0. The maximum Gasteiger partial charge on any atom is 0.136 e. The molecule has 0 bridgehead atoms. The summed E-state index contributed by atoms with van der Waals surface area (Å²) < 4.78 is 6.53. The van der Waals surface area contributed by atoms with Crippen LogP contribution in [0, 0.1) is 0 Å². The van der Waals surface area contributed by atoms with E-state index in [-0.39, 0.29) is 0 Å². The quantitative estimate of drug-likeness (QED) is 0.153. The van der Waals surface area contributed by atoms with Gasteiger partial charge in [0.15, 0.2) is 0 Å². The third-order valence-electron chi connectivity index (χ3n) is 12.5. The lowest BCUT2D eigenvalue weighted by molar-refractivity contribution is 0.669. The number of hydrogen-bond acceptors (Lipinski definition) is 1. The van der Waals surface area contributed by atoms with Crippen molar-refractivity contribution in [2.45, 2.75) is 0 Å². The maximum atomic E-state index is 6.53. The molecule has 0 atom stereocenters. The lowest BCUT2D eigenvalue weighted by Gasteiger charge is -2.23. The van der Waals surface area contributed by atoms with Crippen LogP contribution in [0.2, 0.25) is 0 Å². The highest BCUT2D eigenvalue weighted by Gasteiger charge is 2.24. The first-order valence-electron chi connectivity index (χ1n) is 21.0. The van der Waals surface area contributed by atoms with Crippen LogP contribution in [0.5, 0.6) is 0 Å². The largest absolute Gasteiger partial charge is 0.456 e. The Morgan fingerprint density at radius 1 is 0.213 bits per heavy atom. The van der Waals surface area contributed by atoms with E-state index >= 15 is 0 Å². The second-order valence-corrected chi connectivity index (χ2v) is 15.9. The van der Waals surface area contributed by atoms with Crippen molar-refractivity contribution in [3.05, 3.63) is 231 Å². The van der Waals surface area contributed by atoms with Crippen LogP contribution in [0.3, 0.4) is 0 Å².